The number of unbranched alkanes of at least 4 members (excludes halogenated alkanes) is 1. The summed E-state index contributed by atoms with van der Waals surface area (Å²) in [5.41, 5.74) is 0.475. The summed E-state index contributed by atoms with van der Waals surface area (Å²) < 4.78 is 50.6. The van der Waals surface area contributed by atoms with Crippen LogP contribution in [0.25, 0.3) is 11.1 Å². The quantitative estimate of drug-likeness (QED) is 0.174. The number of rotatable bonds is 12. The summed E-state index contributed by atoms with van der Waals surface area (Å²) in [5, 5.41) is 8.95. The molecule has 2 atom stereocenters. The normalized spacial score (nSPS) is 20.2. The summed E-state index contributed by atoms with van der Waals surface area (Å²) in [5.74, 6) is -0.990. The van der Waals surface area contributed by atoms with E-state index in [2.05, 4.69) is 0 Å². The third kappa shape index (κ3) is 10.0. The number of carbonyl (C=O) groups is 3. The Balaban J connectivity index is 1.85. The lowest BCUT2D eigenvalue weighted by atomic mass is 9.97. The highest BCUT2D eigenvalue weighted by molar-refractivity contribution is 7.62. The maximum absolute atomic E-state index is 14.4. The monoisotopic (exact) mass is 692 g/mol. The van der Waals surface area contributed by atoms with Gasteiger partial charge in [-0.3, -0.25) is 14.3 Å². The van der Waals surface area contributed by atoms with Crippen LogP contribution in [-0.2, 0) is 29.9 Å². The van der Waals surface area contributed by atoms with Gasteiger partial charge in [0.25, 0.3) is 0 Å². The minimum atomic E-state index is -3.71. The van der Waals surface area contributed by atoms with E-state index in [9.17, 15) is 28.4 Å². The van der Waals surface area contributed by atoms with Crippen LogP contribution in [0.15, 0.2) is 42.5 Å². The Kier molecular flexibility index (Phi) is 12.9. The maximum Gasteiger partial charge on any atom is 0.419 e. The zero-order valence-electron chi connectivity index (χ0n) is 29.3. The number of aliphatic carboxylic acids is 1. The number of carboxylic acids is 1. The number of hydrogen-bond acceptors (Lipinski definition) is 9. The highest BCUT2D eigenvalue weighted by Crippen LogP contribution is 2.63. The molecule has 1 N–H and O–H groups in total. The van der Waals surface area contributed by atoms with Gasteiger partial charge in [0.2, 0.25) is 7.37 Å². The summed E-state index contributed by atoms with van der Waals surface area (Å²) in [6.07, 6.45) is -1.33. The van der Waals surface area contributed by atoms with Crippen LogP contribution in [0.4, 0.5) is 14.0 Å². The molecule has 11 nitrogen and oxygen atoms in total. The van der Waals surface area contributed by atoms with Crippen LogP contribution in [0, 0.1) is 5.82 Å². The van der Waals surface area contributed by atoms with Crippen LogP contribution in [-0.4, -0.2) is 88.9 Å². The zero-order valence-corrected chi connectivity index (χ0v) is 30.2. The molecule has 0 aromatic heterocycles. The van der Waals surface area contributed by atoms with Crippen molar-refractivity contribution < 1.29 is 47.2 Å². The standard InChI is InChI=1S/C35H50FN2O9P/c1-9-45-48(43)21-20-37(23-26-12-15-27(36)22-29(26)25-13-16-28(44-8)17-14-25)24-35(48,30(39)40)18-10-11-19-38(31(41)46-33(2,3)4)32(42)47-34(5,6)7/h12-17,22H,9-11,18-21,23-24H2,1-8H3,(H,39,40)/t35-,48?/m0/s1. The van der Waals surface area contributed by atoms with Gasteiger partial charge in [0, 0.05) is 32.3 Å². The highest BCUT2D eigenvalue weighted by atomic mass is 31.2. The van der Waals surface area contributed by atoms with E-state index in [1.165, 1.54) is 12.1 Å². The molecule has 1 aliphatic heterocycles. The first-order valence-corrected chi connectivity index (χ1v) is 18.0. The van der Waals surface area contributed by atoms with Crippen molar-refractivity contribution in [3.8, 4) is 16.9 Å². The lowest BCUT2D eigenvalue weighted by molar-refractivity contribution is -0.141. The van der Waals surface area contributed by atoms with Gasteiger partial charge in [-0.2, -0.15) is 0 Å². The van der Waals surface area contributed by atoms with Crippen LogP contribution in [0.2, 0.25) is 0 Å². The molecule has 266 valence electrons. The predicted octanol–water partition coefficient (Wildman–Crippen LogP) is 7.80. The van der Waals surface area contributed by atoms with Crippen molar-refractivity contribution in [1.29, 1.82) is 0 Å². The predicted molar refractivity (Wildman–Crippen MR) is 181 cm³/mol. The number of ether oxygens (including phenoxy) is 3. The maximum atomic E-state index is 14.4. The molecule has 0 saturated carbocycles. The van der Waals surface area contributed by atoms with Crippen molar-refractivity contribution in [3.63, 3.8) is 0 Å². The summed E-state index contributed by atoms with van der Waals surface area (Å²) in [6.45, 7) is 12.3. The first kappa shape index (κ1) is 39.0. The third-order valence-electron chi connectivity index (χ3n) is 7.90. The Labute approximate surface area is 283 Å². The van der Waals surface area contributed by atoms with E-state index >= 15 is 0 Å². The Morgan fingerprint density at radius 2 is 1.58 bits per heavy atom. The molecule has 1 unspecified atom stereocenters. The van der Waals surface area contributed by atoms with Crippen LogP contribution in [0.5, 0.6) is 5.75 Å². The second-order valence-electron chi connectivity index (χ2n) is 14.0. The van der Waals surface area contributed by atoms with Gasteiger partial charge in [-0.05, 0) is 109 Å². The number of nitrogens with zero attached hydrogens (tertiary/aromatic N) is 2. The van der Waals surface area contributed by atoms with Crippen molar-refractivity contribution in [2.24, 2.45) is 0 Å². The smallest absolute Gasteiger partial charge is 0.419 e. The van der Waals surface area contributed by atoms with Gasteiger partial charge < -0.3 is 23.8 Å². The van der Waals surface area contributed by atoms with Crippen LogP contribution in [0.3, 0.4) is 0 Å². The molecule has 1 saturated heterocycles. The van der Waals surface area contributed by atoms with E-state index in [0.717, 1.165) is 16.0 Å². The molecular weight excluding hydrogens is 642 g/mol. The molecule has 2 aromatic carbocycles. The topological polar surface area (TPSA) is 132 Å². The molecule has 1 fully saturated rings. The molecule has 0 radical (unpaired) electrons. The Morgan fingerprint density at radius 3 is 2.10 bits per heavy atom. The molecule has 1 heterocycles. The van der Waals surface area contributed by atoms with E-state index in [0.29, 0.717) is 17.9 Å². The number of methoxy groups -OCH3 is 1. The Bertz CT molecular complexity index is 1460. The number of carboxylic acid groups (broad SMARTS) is 1. The molecule has 2 aromatic rings. The molecule has 2 amide bonds. The fourth-order valence-electron chi connectivity index (χ4n) is 5.69. The fourth-order valence-corrected chi connectivity index (χ4v) is 8.66. The van der Waals surface area contributed by atoms with E-state index < -0.39 is 47.7 Å². The molecule has 0 aliphatic carbocycles. The summed E-state index contributed by atoms with van der Waals surface area (Å²) in [4.78, 5) is 41.8. The number of carbonyl (C=O) groups excluding carboxylic acids is 2. The zero-order chi connectivity index (χ0) is 35.9. The lowest BCUT2D eigenvalue weighted by Crippen LogP contribution is -2.54. The molecule has 13 heteroatoms. The lowest BCUT2D eigenvalue weighted by Gasteiger charge is -2.45. The third-order valence-corrected chi connectivity index (χ3v) is 11.2. The van der Waals surface area contributed by atoms with E-state index in [1.54, 1.807) is 73.8 Å². The molecule has 1 aliphatic rings. The van der Waals surface area contributed by atoms with Crippen LogP contribution >= 0.6 is 7.37 Å². The van der Waals surface area contributed by atoms with Crippen molar-refractivity contribution in [3.05, 3.63) is 53.8 Å². The van der Waals surface area contributed by atoms with Gasteiger partial charge in [0.1, 0.15) is 22.8 Å². The van der Waals surface area contributed by atoms with Crippen molar-refractivity contribution >= 4 is 25.5 Å². The van der Waals surface area contributed by atoms with Gasteiger partial charge in [0.15, 0.2) is 5.16 Å². The number of halogens is 1. The van der Waals surface area contributed by atoms with Crippen LogP contribution < -0.4 is 4.74 Å². The van der Waals surface area contributed by atoms with Crippen molar-refractivity contribution in [2.45, 2.75) is 90.6 Å². The average molecular weight is 693 g/mol. The minimum Gasteiger partial charge on any atom is -0.497 e. The van der Waals surface area contributed by atoms with E-state index in [4.69, 9.17) is 18.7 Å². The minimum absolute atomic E-state index is 0.0220. The average Bonchev–Trinajstić information content (AvgIpc) is 2.97. The SMILES string of the molecule is CCOP1(=O)CCN(Cc2ccc(F)cc2-c2ccc(OC)cc2)C[C@@]1(CCCCN(C(=O)OC(C)(C)C)C(=O)OC(C)(C)C)C(=O)O. The highest BCUT2D eigenvalue weighted by Gasteiger charge is 2.58. The number of hydrogen-bond donors (Lipinski definition) is 1. The molecule has 0 spiro atoms. The number of benzene rings is 2. The number of amides is 2. The summed E-state index contributed by atoms with van der Waals surface area (Å²) in [6, 6.07) is 11.7. The summed E-state index contributed by atoms with van der Waals surface area (Å²) >= 11 is 0. The first-order valence-electron chi connectivity index (χ1n) is 16.2. The molecule has 0 bridgehead atoms. The summed E-state index contributed by atoms with van der Waals surface area (Å²) in [7, 11) is -2.15. The number of imide groups is 1. The largest absolute Gasteiger partial charge is 0.497 e. The van der Waals surface area contributed by atoms with E-state index in [1.807, 2.05) is 17.0 Å². The van der Waals surface area contributed by atoms with Crippen molar-refractivity contribution in [2.75, 3.05) is 39.5 Å². The molecule has 3 rings (SSSR count). The Morgan fingerprint density at radius 1 is 0.979 bits per heavy atom. The Hall–Kier alpha value is -3.47. The van der Waals surface area contributed by atoms with Gasteiger partial charge in [-0.25, -0.2) is 18.9 Å². The first-order chi connectivity index (χ1) is 22.3. The second kappa shape index (κ2) is 15.8. The molecular formula is C35H50FN2O9P. The van der Waals surface area contributed by atoms with E-state index in [-0.39, 0.29) is 51.7 Å². The second-order valence-corrected chi connectivity index (χ2v) is 16.9. The molecule has 48 heavy (non-hydrogen) atoms. The van der Waals surface area contributed by atoms with Crippen LogP contribution in [0.1, 0.15) is 73.3 Å². The fraction of sp³-hybridized carbons (Fsp3) is 0.571. The van der Waals surface area contributed by atoms with Gasteiger partial charge in [-0.1, -0.05) is 18.2 Å². The van der Waals surface area contributed by atoms with Gasteiger partial charge in [-0.15, -0.1) is 0 Å². The van der Waals surface area contributed by atoms with Gasteiger partial charge >= 0.3 is 18.2 Å². The van der Waals surface area contributed by atoms with Crippen molar-refractivity contribution in [1.82, 2.24) is 9.80 Å². The van der Waals surface area contributed by atoms with Gasteiger partial charge in [0.05, 0.1) is 13.7 Å².